The number of aromatic nitrogens is 3. The van der Waals surface area contributed by atoms with Gasteiger partial charge in [-0.2, -0.15) is 0 Å². The number of rotatable bonds is 2. The molecule has 1 N–H and O–H groups in total. The van der Waals surface area contributed by atoms with Gasteiger partial charge in [0.25, 0.3) is 0 Å². The third-order valence-electron chi connectivity index (χ3n) is 4.65. The molecule has 1 fully saturated rings. The average Bonchev–Trinajstić information content (AvgIpc) is 3.02. The zero-order valence-electron chi connectivity index (χ0n) is 13.5. The van der Waals surface area contributed by atoms with Crippen LogP contribution in [0.1, 0.15) is 18.4 Å². The zero-order valence-corrected chi connectivity index (χ0v) is 13.5. The van der Waals surface area contributed by atoms with E-state index in [2.05, 4.69) is 14.9 Å². The summed E-state index contributed by atoms with van der Waals surface area (Å²) in [5.74, 6) is 0.551. The van der Waals surface area contributed by atoms with Gasteiger partial charge in [0.2, 0.25) is 0 Å². The van der Waals surface area contributed by atoms with Crippen LogP contribution in [0.25, 0.3) is 16.9 Å². The number of aliphatic hydroxyl groups is 1. The first-order valence-electron chi connectivity index (χ1n) is 8.15. The van der Waals surface area contributed by atoms with Crippen LogP contribution < -0.4 is 4.90 Å². The molecule has 2 aromatic heterocycles. The van der Waals surface area contributed by atoms with Gasteiger partial charge in [0, 0.05) is 31.0 Å². The summed E-state index contributed by atoms with van der Waals surface area (Å²) in [4.78, 5) is 11.2. The molecule has 0 unspecified atom stereocenters. The Labute approximate surface area is 139 Å². The van der Waals surface area contributed by atoms with Gasteiger partial charge in [0.1, 0.15) is 5.82 Å². The molecule has 3 heterocycles. The van der Waals surface area contributed by atoms with Gasteiger partial charge in [-0.1, -0.05) is 6.07 Å². The summed E-state index contributed by atoms with van der Waals surface area (Å²) < 4.78 is 15.6. The molecule has 1 aliphatic rings. The Morgan fingerprint density at radius 1 is 1.21 bits per heavy atom. The maximum absolute atomic E-state index is 13.7. The molecule has 0 atom stereocenters. The van der Waals surface area contributed by atoms with Crippen molar-refractivity contribution in [3.8, 4) is 11.3 Å². The number of anilines is 1. The zero-order chi connectivity index (χ0) is 16.7. The molecule has 1 aromatic carbocycles. The minimum atomic E-state index is -0.259. The van der Waals surface area contributed by atoms with Crippen molar-refractivity contribution in [1.82, 2.24) is 14.4 Å². The second kappa shape index (κ2) is 5.87. The van der Waals surface area contributed by atoms with Crippen LogP contribution in [-0.2, 0) is 0 Å². The van der Waals surface area contributed by atoms with Gasteiger partial charge in [0.15, 0.2) is 11.5 Å². The summed E-state index contributed by atoms with van der Waals surface area (Å²) in [5, 5.41) is 9.69. The van der Waals surface area contributed by atoms with E-state index in [1.165, 1.54) is 12.1 Å². The first-order chi connectivity index (χ1) is 11.6. The summed E-state index contributed by atoms with van der Waals surface area (Å²) in [6.45, 7) is 3.48. The lowest BCUT2D eigenvalue weighted by molar-refractivity contribution is 0.145. The third kappa shape index (κ3) is 2.53. The first kappa shape index (κ1) is 15.1. The van der Waals surface area contributed by atoms with Gasteiger partial charge in [-0.25, -0.2) is 14.4 Å². The van der Waals surface area contributed by atoms with Crippen molar-refractivity contribution in [2.45, 2.75) is 25.9 Å². The van der Waals surface area contributed by atoms with E-state index in [0.717, 1.165) is 54.2 Å². The Balaban J connectivity index is 1.81. The number of aliphatic hydroxyl groups excluding tert-OH is 1. The number of imidazole rings is 1. The number of fused-ring (bicyclic) bond motifs is 1. The normalized spacial score (nSPS) is 16.0. The molecule has 1 saturated heterocycles. The minimum absolute atomic E-state index is 0.230. The van der Waals surface area contributed by atoms with Crippen LogP contribution >= 0.6 is 0 Å². The molecule has 0 radical (unpaired) electrons. The van der Waals surface area contributed by atoms with Gasteiger partial charge in [-0.15, -0.1) is 0 Å². The fraction of sp³-hybridized carbons (Fsp3) is 0.333. The second-order valence-corrected chi connectivity index (χ2v) is 6.27. The van der Waals surface area contributed by atoms with E-state index in [9.17, 15) is 9.50 Å². The van der Waals surface area contributed by atoms with Gasteiger partial charge < -0.3 is 10.0 Å². The summed E-state index contributed by atoms with van der Waals surface area (Å²) in [6.07, 6.45) is 6.60. The summed E-state index contributed by atoms with van der Waals surface area (Å²) in [7, 11) is 0. The molecule has 0 saturated carbocycles. The summed E-state index contributed by atoms with van der Waals surface area (Å²) in [5.41, 5.74) is 3.43. The van der Waals surface area contributed by atoms with E-state index in [1.54, 1.807) is 18.5 Å². The predicted molar refractivity (Wildman–Crippen MR) is 90.6 cm³/mol. The maximum atomic E-state index is 13.7. The average molecular weight is 326 g/mol. The minimum Gasteiger partial charge on any atom is -0.393 e. The third-order valence-corrected chi connectivity index (χ3v) is 4.65. The van der Waals surface area contributed by atoms with E-state index in [-0.39, 0.29) is 11.9 Å². The fourth-order valence-corrected chi connectivity index (χ4v) is 3.28. The molecule has 0 amide bonds. The van der Waals surface area contributed by atoms with Crippen molar-refractivity contribution < 1.29 is 9.50 Å². The van der Waals surface area contributed by atoms with Crippen molar-refractivity contribution in [2.24, 2.45) is 0 Å². The molecular weight excluding hydrogens is 307 g/mol. The number of piperidine rings is 1. The van der Waals surface area contributed by atoms with Crippen LogP contribution in [0.5, 0.6) is 0 Å². The topological polar surface area (TPSA) is 53.7 Å². The molecule has 24 heavy (non-hydrogen) atoms. The first-order valence-corrected chi connectivity index (χ1v) is 8.15. The fourth-order valence-electron chi connectivity index (χ4n) is 3.28. The Kier molecular flexibility index (Phi) is 3.69. The van der Waals surface area contributed by atoms with E-state index < -0.39 is 0 Å². The van der Waals surface area contributed by atoms with Crippen molar-refractivity contribution in [2.75, 3.05) is 18.0 Å². The lowest BCUT2D eigenvalue weighted by Gasteiger charge is -2.30. The highest BCUT2D eigenvalue weighted by Gasteiger charge is 2.21. The van der Waals surface area contributed by atoms with Crippen molar-refractivity contribution in [3.63, 3.8) is 0 Å². The SMILES string of the molecule is Cc1ccc(F)cc1-c1cnc2c(N3CCC(O)CC3)nccn12. The number of aryl methyl sites for hydroxylation is 1. The molecule has 0 bridgehead atoms. The molecule has 6 heteroatoms. The van der Waals surface area contributed by atoms with Crippen LogP contribution in [0.2, 0.25) is 0 Å². The molecule has 4 rings (SSSR count). The molecule has 1 aliphatic heterocycles. The molecule has 3 aromatic rings. The number of halogens is 1. The number of benzene rings is 1. The lowest BCUT2D eigenvalue weighted by Crippen LogP contribution is -2.36. The van der Waals surface area contributed by atoms with Gasteiger partial charge >= 0.3 is 0 Å². The highest BCUT2D eigenvalue weighted by molar-refractivity contribution is 5.72. The Morgan fingerprint density at radius 2 is 2.00 bits per heavy atom. The Bertz CT molecular complexity index is 884. The summed E-state index contributed by atoms with van der Waals surface area (Å²) in [6, 6.07) is 4.78. The standard InChI is InChI=1S/C18H19FN4O/c1-12-2-3-13(19)10-15(12)16-11-21-18-17(20-6-9-23(16)18)22-7-4-14(24)5-8-22/h2-3,6,9-11,14,24H,4-5,7-8H2,1H3. The van der Waals surface area contributed by atoms with E-state index >= 15 is 0 Å². The number of hydrogen-bond donors (Lipinski definition) is 1. The van der Waals surface area contributed by atoms with Gasteiger partial charge in [0.05, 0.1) is 18.0 Å². The Morgan fingerprint density at radius 3 is 2.79 bits per heavy atom. The van der Waals surface area contributed by atoms with Crippen molar-refractivity contribution in [3.05, 3.63) is 48.2 Å². The van der Waals surface area contributed by atoms with E-state index in [1.807, 2.05) is 17.5 Å². The highest BCUT2D eigenvalue weighted by Crippen LogP contribution is 2.29. The van der Waals surface area contributed by atoms with Crippen LogP contribution in [0, 0.1) is 12.7 Å². The quantitative estimate of drug-likeness (QED) is 0.787. The predicted octanol–water partition coefficient (Wildman–Crippen LogP) is 2.80. The molecule has 0 spiro atoms. The molecule has 0 aliphatic carbocycles. The molecular formula is C18H19FN4O. The van der Waals surface area contributed by atoms with Gasteiger partial charge in [-0.3, -0.25) is 4.40 Å². The van der Waals surface area contributed by atoms with Crippen LogP contribution in [0.15, 0.2) is 36.8 Å². The van der Waals surface area contributed by atoms with Crippen molar-refractivity contribution >= 4 is 11.5 Å². The number of nitrogens with zero attached hydrogens (tertiary/aromatic N) is 4. The molecule has 5 nitrogen and oxygen atoms in total. The van der Waals surface area contributed by atoms with Gasteiger partial charge in [-0.05, 0) is 37.5 Å². The lowest BCUT2D eigenvalue weighted by atomic mass is 10.1. The second-order valence-electron chi connectivity index (χ2n) is 6.27. The van der Waals surface area contributed by atoms with E-state index in [0.29, 0.717) is 0 Å². The smallest absolute Gasteiger partial charge is 0.180 e. The monoisotopic (exact) mass is 326 g/mol. The summed E-state index contributed by atoms with van der Waals surface area (Å²) >= 11 is 0. The highest BCUT2D eigenvalue weighted by atomic mass is 19.1. The van der Waals surface area contributed by atoms with Crippen LogP contribution in [-0.4, -0.2) is 38.7 Å². The van der Waals surface area contributed by atoms with Crippen LogP contribution in [0.4, 0.5) is 10.2 Å². The van der Waals surface area contributed by atoms with Crippen LogP contribution in [0.3, 0.4) is 0 Å². The van der Waals surface area contributed by atoms with E-state index in [4.69, 9.17) is 0 Å². The number of hydrogen-bond acceptors (Lipinski definition) is 4. The maximum Gasteiger partial charge on any atom is 0.180 e. The largest absolute Gasteiger partial charge is 0.393 e. The Hall–Kier alpha value is -2.47. The molecule has 124 valence electrons. The van der Waals surface area contributed by atoms with Crippen molar-refractivity contribution in [1.29, 1.82) is 0 Å².